The van der Waals surface area contributed by atoms with E-state index in [0.29, 0.717) is 12.7 Å². The number of nitrogens with one attached hydrogen (secondary N) is 1. The highest BCUT2D eigenvalue weighted by molar-refractivity contribution is 7.80. The first-order valence-corrected chi connectivity index (χ1v) is 6.15. The maximum atomic E-state index is 5.36. The molecule has 94 valence electrons. The summed E-state index contributed by atoms with van der Waals surface area (Å²) in [5.74, 6) is 0. The minimum Gasteiger partial charge on any atom is -0.383 e. The second-order valence-corrected chi connectivity index (χ2v) is 4.61. The largest absolute Gasteiger partial charge is 0.383 e. The van der Waals surface area contributed by atoms with E-state index in [1.54, 1.807) is 14.2 Å². The maximum Gasteiger partial charge on any atom is 0.169 e. The molecule has 1 aliphatic rings. The van der Waals surface area contributed by atoms with Crippen LogP contribution < -0.4 is 5.32 Å². The monoisotopic (exact) mass is 246 g/mol. The summed E-state index contributed by atoms with van der Waals surface area (Å²) in [6.07, 6.45) is 2.50. The van der Waals surface area contributed by atoms with Gasteiger partial charge in [-0.2, -0.15) is 0 Å². The van der Waals surface area contributed by atoms with Gasteiger partial charge >= 0.3 is 0 Å². The molecule has 0 aromatic rings. The van der Waals surface area contributed by atoms with Gasteiger partial charge in [0.25, 0.3) is 0 Å². The molecule has 16 heavy (non-hydrogen) atoms. The van der Waals surface area contributed by atoms with Crippen LogP contribution in [0.4, 0.5) is 0 Å². The topological polar surface area (TPSA) is 33.7 Å². The van der Waals surface area contributed by atoms with E-state index < -0.39 is 0 Å². The fourth-order valence-corrected chi connectivity index (χ4v) is 2.27. The zero-order valence-corrected chi connectivity index (χ0v) is 11.2. The Morgan fingerprint density at radius 1 is 1.44 bits per heavy atom. The number of thiocarbonyl (C=S) groups is 1. The number of ether oxygens (including phenoxy) is 2. The molecule has 0 radical (unpaired) electrons. The molecular formula is C11H22N2O2S. The van der Waals surface area contributed by atoms with Crippen LogP contribution in [0.25, 0.3) is 0 Å². The Bertz CT molecular complexity index is 218. The van der Waals surface area contributed by atoms with E-state index in [2.05, 4.69) is 17.1 Å². The molecular weight excluding hydrogens is 224 g/mol. The molecule has 0 aromatic carbocycles. The maximum absolute atomic E-state index is 5.36. The molecule has 0 amide bonds. The summed E-state index contributed by atoms with van der Waals surface area (Å²) < 4.78 is 10.4. The third-order valence-corrected chi connectivity index (χ3v) is 3.23. The third kappa shape index (κ3) is 4.23. The number of likely N-dealkylation sites (tertiary alicyclic amines) is 1. The molecule has 0 aromatic heterocycles. The number of methoxy groups -OCH3 is 2. The summed E-state index contributed by atoms with van der Waals surface area (Å²) in [6, 6.07) is 0.262. The predicted molar refractivity (Wildman–Crippen MR) is 68.7 cm³/mol. The van der Waals surface area contributed by atoms with Crippen LogP contribution in [0, 0.1) is 0 Å². The van der Waals surface area contributed by atoms with Crippen LogP contribution in [0.5, 0.6) is 0 Å². The Morgan fingerprint density at radius 3 is 2.56 bits per heavy atom. The van der Waals surface area contributed by atoms with Gasteiger partial charge in [0, 0.05) is 33.4 Å². The fourth-order valence-electron chi connectivity index (χ4n) is 1.89. The zero-order valence-electron chi connectivity index (χ0n) is 10.4. The van der Waals surface area contributed by atoms with Crippen LogP contribution in [0.15, 0.2) is 0 Å². The third-order valence-electron chi connectivity index (χ3n) is 2.85. The summed E-state index contributed by atoms with van der Waals surface area (Å²) in [5.41, 5.74) is 0. The smallest absolute Gasteiger partial charge is 0.169 e. The number of piperidine rings is 1. The Hall–Kier alpha value is -0.390. The summed E-state index contributed by atoms with van der Waals surface area (Å²) >= 11 is 5.36. The van der Waals surface area contributed by atoms with Gasteiger partial charge in [-0.3, -0.25) is 0 Å². The quantitative estimate of drug-likeness (QED) is 0.749. The van der Waals surface area contributed by atoms with Gasteiger partial charge in [-0.05, 0) is 32.0 Å². The van der Waals surface area contributed by atoms with Crippen LogP contribution in [-0.4, -0.2) is 56.1 Å². The first-order valence-electron chi connectivity index (χ1n) is 5.74. The van der Waals surface area contributed by atoms with Gasteiger partial charge in [0.05, 0.1) is 12.7 Å². The minimum absolute atomic E-state index is 0.262. The van der Waals surface area contributed by atoms with Gasteiger partial charge < -0.3 is 19.7 Å². The van der Waals surface area contributed by atoms with Crippen molar-refractivity contribution in [2.24, 2.45) is 0 Å². The lowest BCUT2D eigenvalue weighted by Crippen LogP contribution is -2.48. The molecule has 0 spiro atoms. The van der Waals surface area contributed by atoms with Crippen molar-refractivity contribution >= 4 is 17.3 Å². The van der Waals surface area contributed by atoms with E-state index in [0.717, 1.165) is 31.0 Å². The molecule has 5 heteroatoms. The SMILES string of the molecule is COCC(C)NC(=S)N1CCC(OC)CC1. The first-order chi connectivity index (χ1) is 7.67. The molecule has 1 N–H and O–H groups in total. The second-order valence-electron chi connectivity index (χ2n) is 4.23. The van der Waals surface area contributed by atoms with Gasteiger partial charge in [0.15, 0.2) is 5.11 Å². The van der Waals surface area contributed by atoms with E-state index in [-0.39, 0.29) is 6.04 Å². The van der Waals surface area contributed by atoms with Gasteiger partial charge in [-0.25, -0.2) is 0 Å². The lowest BCUT2D eigenvalue weighted by Gasteiger charge is -2.34. The highest BCUT2D eigenvalue weighted by Crippen LogP contribution is 2.12. The van der Waals surface area contributed by atoms with Gasteiger partial charge in [0.2, 0.25) is 0 Å². The predicted octanol–water partition coefficient (Wildman–Crippen LogP) is 1.01. The Labute approximate surface area is 103 Å². The Morgan fingerprint density at radius 2 is 2.06 bits per heavy atom. The molecule has 1 rings (SSSR count). The highest BCUT2D eigenvalue weighted by Gasteiger charge is 2.20. The van der Waals surface area contributed by atoms with Gasteiger partial charge in [0.1, 0.15) is 0 Å². The van der Waals surface area contributed by atoms with Gasteiger partial charge in [-0.1, -0.05) is 0 Å². The van der Waals surface area contributed by atoms with E-state index in [1.165, 1.54) is 0 Å². The van der Waals surface area contributed by atoms with Crippen LogP contribution in [0.1, 0.15) is 19.8 Å². The van der Waals surface area contributed by atoms with E-state index in [1.807, 2.05) is 0 Å². The van der Waals surface area contributed by atoms with Crippen molar-refractivity contribution in [2.75, 3.05) is 33.9 Å². The standard InChI is InChI=1S/C11H22N2O2S/c1-9(8-14-2)12-11(16)13-6-4-10(15-3)5-7-13/h9-10H,4-8H2,1-3H3,(H,12,16). The zero-order chi connectivity index (χ0) is 12.0. The molecule has 1 unspecified atom stereocenters. The van der Waals surface area contributed by atoms with Crippen LogP contribution in [-0.2, 0) is 9.47 Å². The molecule has 1 fully saturated rings. The average Bonchev–Trinajstić information content (AvgIpc) is 2.29. The van der Waals surface area contributed by atoms with E-state index in [9.17, 15) is 0 Å². The van der Waals surface area contributed by atoms with Crippen LogP contribution in [0.3, 0.4) is 0 Å². The summed E-state index contributed by atoms with van der Waals surface area (Å²) in [6.45, 7) is 4.69. The molecule has 0 aliphatic carbocycles. The molecule has 4 nitrogen and oxygen atoms in total. The number of nitrogens with zero attached hydrogens (tertiary/aromatic N) is 1. The summed E-state index contributed by atoms with van der Waals surface area (Å²) in [4.78, 5) is 2.21. The van der Waals surface area contributed by atoms with Gasteiger partial charge in [-0.15, -0.1) is 0 Å². The summed E-state index contributed by atoms with van der Waals surface area (Å²) in [7, 11) is 3.48. The van der Waals surface area contributed by atoms with Crippen molar-refractivity contribution in [3.8, 4) is 0 Å². The number of rotatable bonds is 4. The van der Waals surface area contributed by atoms with Crippen molar-refractivity contribution in [2.45, 2.75) is 31.9 Å². The normalized spacial score (nSPS) is 19.6. The second kappa shape index (κ2) is 7.04. The number of hydrogen-bond donors (Lipinski definition) is 1. The Kier molecular flexibility index (Phi) is 6.01. The van der Waals surface area contributed by atoms with Crippen molar-refractivity contribution in [3.05, 3.63) is 0 Å². The molecule has 1 aliphatic heterocycles. The fraction of sp³-hybridized carbons (Fsp3) is 0.909. The molecule has 0 saturated carbocycles. The average molecular weight is 246 g/mol. The van der Waals surface area contributed by atoms with Crippen molar-refractivity contribution < 1.29 is 9.47 Å². The minimum atomic E-state index is 0.262. The summed E-state index contributed by atoms with van der Waals surface area (Å²) in [5, 5.41) is 4.11. The lowest BCUT2D eigenvalue weighted by atomic mass is 10.1. The van der Waals surface area contributed by atoms with Crippen molar-refractivity contribution in [1.29, 1.82) is 0 Å². The molecule has 1 heterocycles. The van der Waals surface area contributed by atoms with Crippen LogP contribution >= 0.6 is 12.2 Å². The number of hydrogen-bond acceptors (Lipinski definition) is 3. The molecule has 1 saturated heterocycles. The lowest BCUT2D eigenvalue weighted by molar-refractivity contribution is 0.0573. The molecule has 0 bridgehead atoms. The van der Waals surface area contributed by atoms with Crippen molar-refractivity contribution in [3.63, 3.8) is 0 Å². The van der Waals surface area contributed by atoms with Crippen molar-refractivity contribution in [1.82, 2.24) is 10.2 Å². The van der Waals surface area contributed by atoms with Crippen LogP contribution in [0.2, 0.25) is 0 Å². The highest BCUT2D eigenvalue weighted by atomic mass is 32.1. The van der Waals surface area contributed by atoms with E-state index in [4.69, 9.17) is 21.7 Å². The first kappa shape index (κ1) is 13.7. The Balaban J connectivity index is 2.27. The van der Waals surface area contributed by atoms with E-state index >= 15 is 0 Å². The molecule has 1 atom stereocenters.